The molecule has 0 aromatic carbocycles. The minimum absolute atomic E-state index is 0.309. The average molecular weight is 154 g/mol. The zero-order chi connectivity index (χ0) is 8.53. The monoisotopic (exact) mass is 154 g/mol. The van der Waals surface area contributed by atoms with Gasteiger partial charge in [0.25, 0.3) is 0 Å². The van der Waals surface area contributed by atoms with Crippen LogP contribution in [0.15, 0.2) is 24.5 Å². The fourth-order valence-electron chi connectivity index (χ4n) is 0.521. The zero-order valence-electron chi connectivity index (χ0n) is 7.04. The van der Waals surface area contributed by atoms with Crippen molar-refractivity contribution < 1.29 is 9.53 Å². The largest absolute Gasteiger partial charge is 0.432 e. The molecular formula is C9H14O2. The van der Waals surface area contributed by atoms with Crippen LogP contribution in [0.25, 0.3) is 0 Å². The Kier molecular flexibility index (Phi) is 6.39. The van der Waals surface area contributed by atoms with Crippen molar-refractivity contribution in [2.24, 2.45) is 0 Å². The van der Waals surface area contributed by atoms with Crippen molar-refractivity contribution >= 4 is 5.97 Å². The number of rotatable bonds is 4. The van der Waals surface area contributed by atoms with E-state index in [0.29, 0.717) is 0 Å². The predicted octanol–water partition coefficient (Wildman–Crippen LogP) is 2.42. The molecule has 2 heteroatoms. The summed E-state index contributed by atoms with van der Waals surface area (Å²) in [6.07, 6.45) is 8.28. The van der Waals surface area contributed by atoms with Gasteiger partial charge >= 0.3 is 5.97 Å². The summed E-state index contributed by atoms with van der Waals surface area (Å²) in [6.45, 7) is 3.85. The highest BCUT2D eigenvalue weighted by atomic mass is 16.5. The summed E-state index contributed by atoms with van der Waals surface area (Å²) >= 11 is 0. The molecule has 0 aromatic rings. The summed E-state index contributed by atoms with van der Waals surface area (Å²) in [5.41, 5.74) is 0. The molecule has 62 valence electrons. The third-order valence-corrected chi connectivity index (χ3v) is 1.03. The fraction of sp³-hybridized carbons (Fsp3) is 0.444. The normalized spacial score (nSPS) is 11.1. The van der Waals surface area contributed by atoms with Gasteiger partial charge in [-0.25, -0.2) is 4.79 Å². The van der Waals surface area contributed by atoms with Gasteiger partial charge in [0.05, 0.1) is 6.26 Å². The fourth-order valence-corrected chi connectivity index (χ4v) is 0.521. The van der Waals surface area contributed by atoms with E-state index in [1.807, 2.05) is 6.08 Å². The van der Waals surface area contributed by atoms with Crippen molar-refractivity contribution in [3.8, 4) is 0 Å². The summed E-state index contributed by atoms with van der Waals surface area (Å²) in [7, 11) is 0. The Morgan fingerprint density at radius 3 is 2.82 bits per heavy atom. The van der Waals surface area contributed by atoms with E-state index in [2.05, 4.69) is 11.7 Å². The first-order valence-electron chi connectivity index (χ1n) is 3.79. The Hall–Kier alpha value is -1.05. The second kappa shape index (κ2) is 7.06. The van der Waals surface area contributed by atoms with Gasteiger partial charge in [-0.2, -0.15) is 0 Å². The average Bonchev–Trinajstić information content (AvgIpc) is 2.01. The van der Waals surface area contributed by atoms with Crippen LogP contribution in [0.4, 0.5) is 0 Å². The van der Waals surface area contributed by atoms with Gasteiger partial charge in [0.2, 0.25) is 0 Å². The van der Waals surface area contributed by atoms with E-state index in [-0.39, 0.29) is 5.97 Å². The Morgan fingerprint density at radius 2 is 2.27 bits per heavy atom. The second-order valence-corrected chi connectivity index (χ2v) is 2.10. The summed E-state index contributed by atoms with van der Waals surface area (Å²) < 4.78 is 4.63. The predicted molar refractivity (Wildman–Crippen MR) is 45.0 cm³/mol. The third-order valence-electron chi connectivity index (χ3n) is 1.03. The summed E-state index contributed by atoms with van der Waals surface area (Å²) in [5, 5.41) is 0. The molecule has 0 unspecified atom stereocenters. The van der Waals surface area contributed by atoms with E-state index in [1.54, 1.807) is 13.0 Å². The van der Waals surface area contributed by atoms with Gasteiger partial charge in [-0.05, 0) is 13.3 Å². The first kappa shape index (κ1) is 9.95. The van der Waals surface area contributed by atoms with Crippen LogP contribution in [0.2, 0.25) is 0 Å². The molecule has 11 heavy (non-hydrogen) atoms. The van der Waals surface area contributed by atoms with Crippen LogP contribution in [0.1, 0.15) is 26.7 Å². The van der Waals surface area contributed by atoms with Crippen molar-refractivity contribution in [2.75, 3.05) is 0 Å². The molecule has 0 fully saturated rings. The standard InChI is InChI=1S/C9H14O2/c1-3-5-6-7-9(10)11-8-4-2/h4,6-8H,3,5H2,1-2H3. The lowest BCUT2D eigenvalue weighted by Crippen LogP contribution is -1.92. The number of allylic oxidation sites excluding steroid dienone is 2. The van der Waals surface area contributed by atoms with Gasteiger partial charge in [0.1, 0.15) is 0 Å². The van der Waals surface area contributed by atoms with Crippen LogP contribution >= 0.6 is 0 Å². The summed E-state index contributed by atoms with van der Waals surface area (Å²) in [6, 6.07) is 0. The number of unbranched alkanes of at least 4 members (excludes halogenated alkanes) is 1. The van der Waals surface area contributed by atoms with Gasteiger partial charge in [-0.15, -0.1) is 0 Å². The lowest BCUT2D eigenvalue weighted by Gasteiger charge is -1.89. The number of esters is 1. The van der Waals surface area contributed by atoms with Gasteiger partial charge in [0.15, 0.2) is 0 Å². The minimum Gasteiger partial charge on any atom is -0.432 e. The number of hydrogen-bond acceptors (Lipinski definition) is 2. The maximum atomic E-state index is 10.7. The molecule has 0 saturated heterocycles. The highest BCUT2D eigenvalue weighted by Crippen LogP contribution is 1.90. The molecule has 0 spiro atoms. The molecule has 0 N–H and O–H groups in total. The first-order valence-corrected chi connectivity index (χ1v) is 3.79. The molecule has 0 aromatic heterocycles. The van der Waals surface area contributed by atoms with Crippen molar-refractivity contribution in [2.45, 2.75) is 26.7 Å². The highest BCUT2D eigenvalue weighted by Gasteiger charge is 1.89. The van der Waals surface area contributed by atoms with Crippen molar-refractivity contribution in [3.05, 3.63) is 24.5 Å². The Balaban J connectivity index is 3.51. The van der Waals surface area contributed by atoms with Crippen molar-refractivity contribution in [1.29, 1.82) is 0 Å². The molecule has 0 aliphatic heterocycles. The van der Waals surface area contributed by atoms with Crippen LogP contribution in [-0.2, 0) is 9.53 Å². The number of ether oxygens (including phenoxy) is 1. The molecule has 0 rings (SSSR count). The molecule has 0 heterocycles. The molecule has 2 nitrogen and oxygen atoms in total. The Labute approximate surface area is 67.6 Å². The van der Waals surface area contributed by atoms with Crippen LogP contribution in [-0.4, -0.2) is 5.97 Å². The van der Waals surface area contributed by atoms with Crippen LogP contribution in [0.3, 0.4) is 0 Å². The lowest BCUT2D eigenvalue weighted by molar-refractivity contribution is -0.132. The zero-order valence-corrected chi connectivity index (χ0v) is 7.04. The van der Waals surface area contributed by atoms with Crippen LogP contribution in [0.5, 0.6) is 0 Å². The molecule has 0 bridgehead atoms. The van der Waals surface area contributed by atoms with Gasteiger partial charge in [0, 0.05) is 6.08 Å². The molecular weight excluding hydrogens is 140 g/mol. The molecule has 0 aliphatic rings. The molecule has 0 aliphatic carbocycles. The lowest BCUT2D eigenvalue weighted by atomic mass is 10.3. The molecule has 0 amide bonds. The molecule has 0 radical (unpaired) electrons. The van der Waals surface area contributed by atoms with E-state index in [9.17, 15) is 4.79 Å². The van der Waals surface area contributed by atoms with E-state index in [0.717, 1.165) is 12.8 Å². The molecule has 0 atom stereocenters. The van der Waals surface area contributed by atoms with Gasteiger partial charge in [-0.1, -0.05) is 25.5 Å². The highest BCUT2D eigenvalue weighted by molar-refractivity contribution is 5.82. The van der Waals surface area contributed by atoms with Crippen LogP contribution in [0, 0.1) is 0 Å². The second-order valence-electron chi connectivity index (χ2n) is 2.10. The maximum absolute atomic E-state index is 10.7. The smallest absolute Gasteiger partial charge is 0.335 e. The quantitative estimate of drug-likeness (QED) is 0.353. The Bertz CT molecular complexity index is 157. The maximum Gasteiger partial charge on any atom is 0.335 e. The van der Waals surface area contributed by atoms with E-state index in [4.69, 9.17) is 0 Å². The SMILES string of the molecule is CC=COC(=O)C=CCCC. The summed E-state index contributed by atoms with van der Waals surface area (Å²) in [4.78, 5) is 10.7. The first-order chi connectivity index (χ1) is 5.31. The van der Waals surface area contributed by atoms with Crippen LogP contribution < -0.4 is 0 Å². The number of carbonyl (C=O) groups is 1. The van der Waals surface area contributed by atoms with E-state index >= 15 is 0 Å². The third kappa shape index (κ3) is 6.84. The number of hydrogen-bond donors (Lipinski definition) is 0. The summed E-state index contributed by atoms with van der Waals surface area (Å²) in [5.74, 6) is -0.309. The minimum atomic E-state index is -0.309. The topological polar surface area (TPSA) is 26.3 Å². The molecule has 0 saturated carbocycles. The van der Waals surface area contributed by atoms with E-state index < -0.39 is 0 Å². The van der Waals surface area contributed by atoms with Crippen molar-refractivity contribution in [1.82, 2.24) is 0 Å². The van der Waals surface area contributed by atoms with Crippen molar-refractivity contribution in [3.63, 3.8) is 0 Å². The van der Waals surface area contributed by atoms with Gasteiger partial charge < -0.3 is 4.74 Å². The number of carbonyl (C=O) groups excluding carboxylic acids is 1. The Morgan fingerprint density at radius 1 is 1.55 bits per heavy atom. The van der Waals surface area contributed by atoms with E-state index in [1.165, 1.54) is 12.3 Å². The van der Waals surface area contributed by atoms with Gasteiger partial charge in [-0.3, -0.25) is 0 Å².